The highest BCUT2D eigenvalue weighted by Gasteiger charge is 2.01. The van der Waals surface area contributed by atoms with Gasteiger partial charge in [0.25, 0.3) is 0 Å². The van der Waals surface area contributed by atoms with Crippen molar-refractivity contribution in [2.45, 2.75) is 13.3 Å². The third-order valence-corrected chi connectivity index (χ3v) is 2.17. The van der Waals surface area contributed by atoms with E-state index in [0.29, 0.717) is 25.7 Å². The quantitative estimate of drug-likeness (QED) is 0.207. The normalized spacial score (nSPS) is 10.7. The van der Waals surface area contributed by atoms with E-state index in [2.05, 4.69) is 20.9 Å². The van der Waals surface area contributed by atoms with Gasteiger partial charge in [0.05, 0.1) is 6.61 Å². The molecule has 0 atom stereocenters. The molecule has 0 aromatic rings. The van der Waals surface area contributed by atoms with Crippen LogP contribution in [0.2, 0.25) is 0 Å². The Morgan fingerprint density at radius 2 is 1.75 bits per heavy atom. The molecule has 0 aromatic carbocycles. The Morgan fingerprint density at radius 3 is 2.35 bits per heavy atom. The summed E-state index contributed by atoms with van der Waals surface area (Å²) in [6, 6.07) is 0. The first kappa shape index (κ1) is 21.7. The first-order valence-corrected chi connectivity index (χ1v) is 6.51. The van der Waals surface area contributed by atoms with Crippen LogP contribution < -0.4 is 16.0 Å². The lowest BCUT2D eigenvalue weighted by Gasteiger charge is -2.11. The Kier molecular flexibility index (Phi) is 17.8. The molecular weight excluding hydrogens is 375 g/mol. The molecule has 7 nitrogen and oxygen atoms in total. The highest BCUT2D eigenvalue weighted by molar-refractivity contribution is 14.0. The minimum Gasteiger partial charge on any atom is -0.385 e. The molecule has 0 saturated heterocycles. The maximum Gasteiger partial charge on any atom is 0.241 e. The molecule has 0 aliphatic heterocycles. The minimum absolute atomic E-state index is 0. The van der Waals surface area contributed by atoms with Crippen molar-refractivity contribution in [2.75, 3.05) is 53.6 Å². The van der Waals surface area contributed by atoms with E-state index >= 15 is 0 Å². The number of nitrogens with one attached hydrogen (secondary N) is 3. The second-order valence-corrected chi connectivity index (χ2v) is 3.81. The molecule has 0 aliphatic rings. The van der Waals surface area contributed by atoms with Gasteiger partial charge in [-0.3, -0.25) is 4.79 Å². The van der Waals surface area contributed by atoms with Gasteiger partial charge in [-0.1, -0.05) is 0 Å². The molecule has 1 amide bonds. The van der Waals surface area contributed by atoms with E-state index in [1.54, 1.807) is 14.2 Å². The number of hydrogen-bond donors (Lipinski definition) is 3. The topological polar surface area (TPSA) is 84.0 Å². The van der Waals surface area contributed by atoms with Crippen LogP contribution in [0.5, 0.6) is 0 Å². The molecule has 8 heteroatoms. The summed E-state index contributed by atoms with van der Waals surface area (Å²) in [5.41, 5.74) is 0. The molecule has 0 aliphatic carbocycles. The maximum atomic E-state index is 11.5. The number of carbonyl (C=O) groups is 1. The fraction of sp³-hybridized carbons (Fsp3) is 0.833. The number of ether oxygens (including phenoxy) is 2. The summed E-state index contributed by atoms with van der Waals surface area (Å²) in [5, 5.41) is 8.92. The SMILES string of the molecule is CCNC(=NCC(=O)NCCOC)NCCCOC.I. The van der Waals surface area contributed by atoms with Crippen molar-refractivity contribution in [1.29, 1.82) is 0 Å². The molecule has 120 valence electrons. The molecule has 0 aromatic heterocycles. The molecule has 0 radical (unpaired) electrons. The van der Waals surface area contributed by atoms with E-state index in [4.69, 9.17) is 9.47 Å². The Hall–Kier alpha value is -0.610. The van der Waals surface area contributed by atoms with Gasteiger partial charge in [-0.15, -0.1) is 24.0 Å². The van der Waals surface area contributed by atoms with Crippen molar-refractivity contribution in [3.8, 4) is 0 Å². The first-order chi connectivity index (χ1) is 9.24. The Morgan fingerprint density at radius 1 is 1.05 bits per heavy atom. The zero-order valence-corrected chi connectivity index (χ0v) is 14.9. The Balaban J connectivity index is 0. The first-order valence-electron chi connectivity index (χ1n) is 6.51. The highest BCUT2D eigenvalue weighted by atomic mass is 127. The number of methoxy groups -OCH3 is 2. The summed E-state index contributed by atoms with van der Waals surface area (Å²) >= 11 is 0. The standard InChI is InChI=1S/C12H26N4O3.HI/c1-4-13-12(15-6-5-8-18-2)16-10-11(17)14-7-9-19-3;/h4-10H2,1-3H3,(H,14,17)(H2,13,15,16);1H. The number of hydrogen-bond acceptors (Lipinski definition) is 4. The van der Waals surface area contributed by atoms with Crippen LogP contribution in [0.4, 0.5) is 0 Å². The second kappa shape index (κ2) is 16.4. The predicted octanol–water partition coefficient (Wildman–Crippen LogP) is -0.0414. The summed E-state index contributed by atoms with van der Waals surface area (Å²) < 4.78 is 9.81. The van der Waals surface area contributed by atoms with E-state index in [9.17, 15) is 4.79 Å². The second-order valence-electron chi connectivity index (χ2n) is 3.81. The van der Waals surface area contributed by atoms with E-state index in [1.807, 2.05) is 6.92 Å². The molecule has 3 N–H and O–H groups in total. The van der Waals surface area contributed by atoms with Gasteiger partial charge < -0.3 is 25.4 Å². The van der Waals surface area contributed by atoms with Gasteiger partial charge in [-0.05, 0) is 13.3 Å². The number of carbonyl (C=O) groups excluding carboxylic acids is 1. The lowest BCUT2D eigenvalue weighted by Crippen LogP contribution is -2.39. The van der Waals surface area contributed by atoms with Crippen LogP contribution in [0.25, 0.3) is 0 Å². The zero-order chi connectivity index (χ0) is 14.3. The van der Waals surface area contributed by atoms with Crippen molar-refractivity contribution < 1.29 is 14.3 Å². The molecule has 20 heavy (non-hydrogen) atoms. The fourth-order valence-electron chi connectivity index (χ4n) is 1.26. The van der Waals surface area contributed by atoms with Crippen LogP contribution in [-0.4, -0.2) is 65.5 Å². The maximum absolute atomic E-state index is 11.5. The Labute approximate surface area is 138 Å². The smallest absolute Gasteiger partial charge is 0.241 e. The van der Waals surface area contributed by atoms with E-state index in [-0.39, 0.29) is 36.4 Å². The van der Waals surface area contributed by atoms with Crippen LogP contribution in [-0.2, 0) is 14.3 Å². The van der Waals surface area contributed by atoms with Crippen LogP contribution >= 0.6 is 24.0 Å². The number of aliphatic imine (C=N–C) groups is 1. The van der Waals surface area contributed by atoms with Gasteiger partial charge in [0.2, 0.25) is 5.91 Å². The molecular formula is C12H27IN4O3. The highest BCUT2D eigenvalue weighted by Crippen LogP contribution is 1.80. The number of halogens is 1. The lowest BCUT2D eigenvalue weighted by atomic mass is 10.4. The van der Waals surface area contributed by atoms with Gasteiger partial charge in [-0.2, -0.15) is 0 Å². The molecule has 0 heterocycles. The third kappa shape index (κ3) is 13.8. The number of amides is 1. The van der Waals surface area contributed by atoms with E-state index < -0.39 is 0 Å². The van der Waals surface area contributed by atoms with Crippen LogP contribution in [0, 0.1) is 0 Å². The Bertz CT molecular complexity index is 265. The molecule has 0 spiro atoms. The average molecular weight is 402 g/mol. The third-order valence-electron chi connectivity index (χ3n) is 2.17. The van der Waals surface area contributed by atoms with E-state index in [1.165, 1.54) is 0 Å². The van der Waals surface area contributed by atoms with Crippen LogP contribution in [0.3, 0.4) is 0 Å². The van der Waals surface area contributed by atoms with Crippen molar-refractivity contribution in [3.05, 3.63) is 0 Å². The molecule has 0 fully saturated rings. The number of nitrogens with zero attached hydrogens (tertiary/aromatic N) is 1. The fourth-order valence-corrected chi connectivity index (χ4v) is 1.26. The van der Waals surface area contributed by atoms with Gasteiger partial charge in [-0.25, -0.2) is 4.99 Å². The largest absolute Gasteiger partial charge is 0.385 e. The molecule has 0 unspecified atom stereocenters. The van der Waals surface area contributed by atoms with Crippen molar-refractivity contribution in [2.24, 2.45) is 4.99 Å². The van der Waals surface area contributed by atoms with Crippen molar-refractivity contribution in [3.63, 3.8) is 0 Å². The van der Waals surface area contributed by atoms with Crippen LogP contribution in [0.15, 0.2) is 4.99 Å². The van der Waals surface area contributed by atoms with Gasteiger partial charge in [0, 0.05) is 40.5 Å². The monoisotopic (exact) mass is 402 g/mol. The summed E-state index contributed by atoms with van der Waals surface area (Å²) in [4.78, 5) is 15.6. The predicted molar refractivity (Wildman–Crippen MR) is 90.8 cm³/mol. The number of rotatable bonds is 10. The average Bonchev–Trinajstić information content (AvgIpc) is 2.41. The number of guanidine groups is 1. The summed E-state index contributed by atoms with van der Waals surface area (Å²) in [6.07, 6.45) is 0.890. The van der Waals surface area contributed by atoms with Crippen molar-refractivity contribution >= 4 is 35.8 Å². The summed E-state index contributed by atoms with van der Waals surface area (Å²) in [7, 11) is 3.27. The van der Waals surface area contributed by atoms with Gasteiger partial charge in [0.1, 0.15) is 6.54 Å². The van der Waals surface area contributed by atoms with Gasteiger partial charge in [0.15, 0.2) is 5.96 Å². The van der Waals surface area contributed by atoms with Crippen molar-refractivity contribution in [1.82, 2.24) is 16.0 Å². The summed E-state index contributed by atoms with van der Waals surface area (Å²) in [5.74, 6) is 0.520. The zero-order valence-electron chi connectivity index (χ0n) is 12.5. The summed E-state index contributed by atoms with van der Waals surface area (Å²) in [6.45, 7) is 5.29. The minimum atomic E-state index is -0.119. The van der Waals surface area contributed by atoms with E-state index in [0.717, 1.165) is 19.5 Å². The van der Waals surface area contributed by atoms with Gasteiger partial charge >= 0.3 is 0 Å². The molecule has 0 bridgehead atoms. The molecule has 0 saturated carbocycles. The lowest BCUT2D eigenvalue weighted by molar-refractivity contribution is -0.119. The van der Waals surface area contributed by atoms with Crippen LogP contribution in [0.1, 0.15) is 13.3 Å². The molecule has 0 rings (SSSR count).